The van der Waals surface area contributed by atoms with E-state index in [1.165, 1.54) is 29.6 Å². The summed E-state index contributed by atoms with van der Waals surface area (Å²) in [7, 11) is 4.74. The Morgan fingerprint density at radius 3 is 2.28 bits per heavy atom. The highest BCUT2D eigenvalue weighted by atomic mass is 16.5. The molecule has 0 unspecified atom stereocenters. The number of nitrogens with zero attached hydrogens (tertiary/aromatic N) is 1. The fourth-order valence-corrected chi connectivity index (χ4v) is 5.09. The lowest BCUT2D eigenvalue weighted by Gasteiger charge is -2.18. The van der Waals surface area contributed by atoms with Crippen molar-refractivity contribution >= 4 is 23.5 Å². The van der Waals surface area contributed by atoms with E-state index in [9.17, 15) is 14.4 Å². The number of anilines is 1. The lowest BCUT2D eigenvalue weighted by atomic mass is 9.91. The zero-order valence-electron chi connectivity index (χ0n) is 20.9. The maximum atomic E-state index is 13.5. The fourth-order valence-electron chi connectivity index (χ4n) is 5.09. The first-order valence-corrected chi connectivity index (χ1v) is 12.3. The van der Waals surface area contributed by atoms with Gasteiger partial charge in [-0.05, 0) is 90.3 Å². The third-order valence-electron chi connectivity index (χ3n) is 7.37. The number of amides is 2. The Kier molecular flexibility index (Phi) is 6.12. The van der Waals surface area contributed by atoms with E-state index in [1.54, 1.807) is 56.6 Å². The monoisotopic (exact) mass is 482 g/mol. The molecule has 0 heterocycles. The Balaban J connectivity index is 1.44. The number of hydrogen-bond acceptors (Lipinski definition) is 4. The maximum absolute atomic E-state index is 13.5. The predicted octanol–water partition coefficient (Wildman–Crippen LogP) is 5.00. The number of fused-ring (bicyclic) bond motifs is 1. The van der Waals surface area contributed by atoms with Crippen LogP contribution in [0.5, 0.6) is 0 Å². The molecule has 2 aliphatic carbocycles. The minimum absolute atomic E-state index is 0.0239. The van der Waals surface area contributed by atoms with Crippen LogP contribution in [0.4, 0.5) is 5.69 Å². The van der Waals surface area contributed by atoms with Crippen LogP contribution in [0.3, 0.4) is 0 Å². The third-order valence-corrected chi connectivity index (χ3v) is 7.37. The first kappa shape index (κ1) is 23.8. The number of methoxy groups -OCH3 is 1. The smallest absolute Gasteiger partial charge is 0.338 e. The van der Waals surface area contributed by atoms with Crippen LogP contribution in [0.25, 0.3) is 11.1 Å². The molecule has 0 radical (unpaired) electrons. The summed E-state index contributed by atoms with van der Waals surface area (Å²) in [6.07, 6.45) is 5.03. The number of rotatable bonds is 6. The van der Waals surface area contributed by atoms with Crippen molar-refractivity contribution in [2.24, 2.45) is 0 Å². The van der Waals surface area contributed by atoms with Crippen LogP contribution < -0.4 is 5.32 Å². The van der Waals surface area contributed by atoms with E-state index in [1.807, 2.05) is 0 Å². The van der Waals surface area contributed by atoms with Gasteiger partial charge in [-0.15, -0.1) is 0 Å². The largest absolute Gasteiger partial charge is 0.465 e. The van der Waals surface area contributed by atoms with Crippen molar-refractivity contribution in [3.63, 3.8) is 0 Å². The van der Waals surface area contributed by atoms with E-state index in [-0.39, 0.29) is 11.8 Å². The standard InChI is InChI=1S/C30H30N2O4/c1-32(2)27(33)21-9-7-20(8-10-21)26-18-24(13-14-25(26)28(34)36-3)31-29(35)30(15-16-30)23-12-11-19-5-4-6-22(19)17-23/h7-14,17-18H,4-6,15-16H2,1-3H3,(H,31,35). The molecule has 0 atom stereocenters. The summed E-state index contributed by atoms with van der Waals surface area (Å²) in [5, 5.41) is 3.10. The summed E-state index contributed by atoms with van der Waals surface area (Å²) in [4.78, 5) is 39.7. The normalized spacial score (nSPS) is 15.1. The number of ether oxygens (including phenoxy) is 1. The zero-order chi connectivity index (χ0) is 25.4. The number of esters is 1. The van der Waals surface area contributed by atoms with Crippen molar-refractivity contribution < 1.29 is 19.1 Å². The van der Waals surface area contributed by atoms with E-state index in [0.29, 0.717) is 22.4 Å². The van der Waals surface area contributed by atoms with Gasteiger partial charge in [-0.2, -0.15) is 0 Å². The van der Waals surface area contributed by atoms with Gasteiger partial charge in [0.15, 0.2) is 0 Å². The molecule has 5 rings (SSSR count). The van der Waals surface area contributed by atoms with E-state index in [4.69, 9.17) is 4.74 Å². The van der Waals surface area contributed by atoms with Crippen molar-refractivity contribution in [2.75, 3.05) is 26.5 Å². The second kappa shape index (κ2) is 9.26. The van der Waals surface area contributed by atoms with E-state index >= 15 is 0 Å². The molecule has 0 spiro atoms. The SMILES string of the molecule is COC(=O)c1ccc(NC(=O)C2(c3ccc4c(c3)CCC4)CC2)cc1-c1ccc(C(=O)N(C)C)cc1. The van der Waals surface area contributed by atoms with Crippen LogP contribution in [-0.4, -0.2) is 43.9 Å². The fraction of sp³-hybridized carbons (Fsp3) is 0.300. The molecule has 0 aromatic heterocycles. The second-order valence-corrected chi connectivity index (χ2v) is 9.90. The van der Waals surface area contributed by atoms with Crippen LogP contribution in [0.15, 0.2) is 60.7 Å². The number of hydrogen-bond donors (Lipinski definition) is 1. The average molecular weight is 483 g/mol. The first-order valence-electron chi connectivity index (χ1n) is 12.3. The number of carbonyl (C=O) groups is 3. The highest BCUT2D eigenvalue weighted by molar-refractivity contribution is 6.04. The number of carbonyl (C=O) groups excluding carboxylic acids is 3. The Bertz CT molecular complexity index is 1350. The minimum atomic E-state index is -0.493. The minimum Gasteiger partial charge on any atom is -0.465 e. The Labute approximate surface area is 211 Å². The molecule has 184 valence electrons. The summed E-state index contributed by atoms with van der Waals surface area (Å²) in [6, 6.07) is 18.8. The van der Waals surface area contributed by atoms with Gasteiger partial charge in [-0.3, -0.25) is 9.59 Å². The van der Waals surface area contributed by atoms with Crippen LogP contribution >= 0.6 is 0 Å². The van der Waals surface area contributed by atoms with E-state index in [2.05, 4.69) is 23.5 Å². The van der Waals surface area contributed by atoms with Gasteiger partial charge < -0.3 is 15.0 Å². The topological polar surface area (TPSA) is 75.7 Å². The lowest BCUT2D eigenvalue weighted by Crippen LogP contribution is -2.28. The molecule has 1 saturated carbocycles. The Morgan fingerprint density at radius 2 is 1.61 bits per heavy atom. The van der Waals surface area contributed by atoms with E-state index < -0.39 is 11.4 Å². The Morgan fingerprint density at radius 1 is 0.889 bits per heavy atom. The van der Waals surface area contributed by atoms with Crippen molar-refractivity contribution in [3.8, 4) is 11.1 Å². The number of nitrogens with one attached hydrogen (secondary N) is 1. The molecule has 2 amide bonds. The molecule has 0 bridgehead atoms. The molecule has 1 fully saturated rings. The second-order valence-electron chi connectivity index (χ2n) is 9.90. The van der Waals surface area contributed by atoms with Crippen molar-refractivity contribution in [1.29, 1.82) is 0 Å². The lowest BCUT2D eigenvalue weighted by molar-refractivity contribution is -0.118. The number of aryl methyl sites for hydroxylation is 2. The van der Waals surface area contributed by atoms with Gasteiger partial charge in [0.2, 0.25) is 5.91 Å². The van der Waals surface area contributed by atoms with Gasteiger partial charge in [-0.25, -0.2) is 4.79 Å². The molecule has 3 aromatic carbocycles. The zero-order valence-corrected chi connectivity index (χ0v) is 20.9. The van der Waals surface area contributed by atoms with Crippen molar-refractivity contribution in [3.05, 3.63) is 88.5 Å². The molecule has 0 saturated heterocycles. The summed E-state index contributed by atoms with van der Waals surface area (Å²) in [6.45, 7) is 0. The summed E-state index contributed by atoms with van der Waals surface area (Å²) in [5.74, 6) is -0.589. The van der Waals surface area contributed by atoms with Gasteiger partial charge >= 0.3 is 5.97 Å². The Hall–Kier alpha value is -3.93. The molecule has 1 N–H and O–H groups in total. The third kappa shape index (κ3) is 4.28. The van der Waals surface area contributed by atoms with Gasteiger partial charge in [0, 0.05) is 25.3 Å². The highest BCUT2D eigenvalue weighted by Crippen LogP contribution is 2.50. The molecule has 2 aliphatic rings. The maximum Gasteiger partial charge on any atom is 0.338 e. The molecular weight excluding hydrogens is 452 g/mol. The van der Waals surface area contributed by atoms with Gasteiger partial charge in [0.1, 0.15) is 0 Å². The van der Waals surface area contributed by atoms with Gasteiger partial charge in [-0.1, -0.05) is 30.3 Å². The average Bonchev–Trinajstić information content (AvgIpc) is 3.58. The summed E-state index contributed by atoms with van der Waals surface area (Å²) < 4.78 is 4.98. The van der Waals surface area contributed by atoms with Crippen LogP contribution in [0.1, 0.15) is 56.7 Å². The quantitative estimate of drug-likeness (QED) is 0.502. The van der Waals surface area contributed by atoms with Crippen LogP contribution in [0, 0.1) is 0 Å². The van der Waals surface area contributed by atoms with Crippen molar-refractivity contribution in [1.82, 2.24) is 4.90 Å². The summed E-state index contributed by atoms with van der Waals surface area (Å²) in [5.41, 5.74) is 6.31. The molecule has 6 heteroatoms. The van der Waals surface area contributed by atoms with Gasteiger partial charge in [0.05, 0.1) is 18.1 Å². The molecule has 0 aliphatic heterocycles. The molecular formula is C30H30N2O4. The van der Waals surface area contributed by atoms with Gasteiger partial charge in [0.25, 0.3) is 5.91 Å². The first-order chi connectivity index (χ1) is 17.3. The number of benzene rings is 3. The van der Waals surface area contributed by atoms with Crippen LogP contribution in [-0.2, 0) is 27.8 Å². The molecule has 3 aromatic rings. The molecule has 6 nitrogen and oxygen atoms in total. The predicted molar refractivity (Wildman–Crippen MR) is 139 cm³/mol. The summed E-state index contributed by atoms with van der Waals surface area (Å²) >= 11 is 0. The van der Waals surface area contributed by atoms with Crippen LogP contribution in [0.2, 0.25) is 0 Å². The van der Waals surface area contributed by atoms with E-state index in [0.717, 1.165) is 36.8 Å². The highest BCUT2D eigenvalue weighted by Gasteiger charge is 2.51. The van der Waals surface area contributed by atoms with Crippen molar-refractivity contribution in [2.45, 2.75) is 37.5 Å². The molecule has 36 heavy (non-hydrogen) atoms.